The Balaban J connectivity index is 2.32. The van der Waals surface area contributed by atoms with Crippen molar-refractivity contribution in [2.24, 2.45) is 0 Å². The molecule has 1 rings (SSSR count). The van der Waals surface area contributed by atoms with Gasteiger partial charge < -0.3 is 0 Å². The standard InChI is InChI=1S/C19H30O4S/c1-2-3-4-5-6-7-8-9-10-11-13-17-14-12-15-19(18(17)16-20)24(21,22)23/h12,14-16H,2-11,13H2,1H3,(H,21,22,23). The summed E-state index contributed by atoms with van der Waals surface area (Å²) in [6, 6.07) is 4.59. The maximum absolute atomic E-state index is 11.3. The smallest absolute Gasteiger partial charge is 0.295 e. The first-order valence-corrected chi connectivity index (χ1v) is 10.5. The molecule has 0 unspecified atom stereocenters. The Morgan fingerprint density at radius 1 is 0.917 bits per heavy atom. The van der Waals surface area contributed by atoms with Gasteiger partial charge in [-0.3, -0.25) is 9.35 Å². The zero-order valence-electron chi connectivity index (χ0n) is 14.7. The molecule has 0 aliphatic heterocycles. The van der Waals surface area contributed by atoms with Crippen LogP contribution in [0.4, 0.5) is 0 Å². The van der Waals surface area contributed by atoms with Crippen molar-refractivity contribution >= 4 is 16.4 Å². The Hall–Kier alpha value is -1.20. The van der Waals surface area contributed by atoms with Crippen molar-refractivity contribution in [3.05, 3.63) is 29.3 Å². The van der Waals surface area contributed by atoms with Crippen LogP contribution in [-0.4, -0.2) is 19.3 Å². The maximum Gasteiger partial charge on any atom is 0.295 e. The first-order valence-electron chi connectivity index (χ1n) is 9.05. The summed E-state index contributed by atoms with van der Waals surface area (Å²) in [7, 11) is -4.35. The second-order valence-corrected chi connectivity index (χ2v) is 7.74. The van der Waals surface area contributed by atoms with E-state index < -0.39 is 10.1 Å². The highest BCUT2D eigenvalue weighted by atomic mass is 32.2. The van der Waals surface area contributed by atoms with E-state index in [1.165, 1.54) is 57.4 Å². The second-order valence-electron chi connectivity index (χ2n) is 6.35. The van der Waals surface area contributed by atoms with E-state index in [1.54, 1.807) is 12.1 Å². The van der Waals surface area contributed by atoms with Gasteiger partial charge in [-0.15, -0.1) is 0 Å². The second kappa shape index (κ2) is 11.4. The molecule has 1 N–H and O–H groups in total. The molecule has 1 aromatic rings. The van der Waals surface area contributed by atoms with Crippen molar-refractivity contribution in [3.8, 4) is 0 Å². The van der Waals surface area contributed by atoms with Gasteiger partial charge in [0.1, 0.15) is 4.90 Å². The molecular formula is C19H30O4S. The highest BCUT2D eigenvalue weighted by molar-refractivity contribution is 7.86. The van der Waals surface area contributed by atoms with Crippen molar-refractivity contribution in [2.45, 2.75) is 82.4 Å². The third-order valence-electron chi connectivity index (χ3n) is 4.35. The molecule has 0 aromatic heterocycles. The molecule has 0 amide bonds. The topological polar surface area (TPSA) is 71.4 Å². The fourth-order valence-electron chi connectivity index (χ4n) is 2.97. The molecule has 0 saturated carbocycles. The molecule has 0 bridgehead atoms. The van der Waals surface area contributed by atoms with Gasteiger partial charge in [0.15, 0.2) is 6.29 Å². The Labute approximate surface area is 146 Å². The molecule has 0 saturated heterocycles. The Kier molecular flexibility index (Phi) is 9.88. The average molecular weight is 355 g/mol. The normalized spacial score (nSPS) is 11.6. The van der Waals surface area contributed by atoms with Crippen LogP contribution in [0.15, 0.2) is 23.1 Å². The first-order chi connectivity index (χ1) is 11.5. The number of carbonyl (C=O) groups excluding carboxylic acids is 1. The molecule has 0 heterocycles. The summed E-state index contributed by atoms with van der Waals surface area (Å²) in [5.41, 5.74) is 0.788. The summed E-state index contributed by atoms with van der Waals surface area (Å²) in [5.74, 6) is 0. The van der Waals surface area contributed by atoms with Crippen molar-refractivity contribution in [3.63, 3.8) is 0 Å². The van der Waals surface area contributed by atoms with Gasteiger partial charge >= 0.3 is 0 Å². The van der Waals surface area contributed by atoms with Crippen LogP contribution >= 0.6 is 0 Å². The van der Waals surface area contributed by atoms with Crippen molar-refractivity contribution in [1.29, 1.82) is 0 Å². The van der Waals surface area contributed by atoms with E-state index in [9.17, 15) is 17.8 Å². The van der Waals surface area contributed by atoms with E-state index in [-0.39, 0.29) is 10.5 Å². The van der Waals surface area contributed by atoms with Crippen LogP contribution in [0, 0.1) is 0 Å². The molecule has 0 aliphatic rings. The van der Waals surface area contributed by atoms with Crippen LogP contribution in [0.3, 0.4) is 0 Å². The minimum Gasteiger partial charge on any atom is -0.298 e. The highest BCUT2D eigenvalue weighted by Gasteiger charge is 2.17. The minimum atomic E-state index is -4.35. The number of hydrogen-bond acceptors (Lipinski definition) is 3. The fourth-order valence-corrected chi connectivity index (χ4v) is 3.68. The number of aldehydes is 1. The molecule has 0 fully saturated rings. The number of unbranched alkanes of at least 4 members (excludes halogenated alkanes) is 9. The Morgan fingerprint density at radius 3 is 1.96 bits per heavy atom. The number of hydrogen-bond donors (Lipinski definition) is 1. The lowest BCUT2D eigenvalue weighted by Crippen LogP contribution is -2.05. The van der Waals surface area contributed by atoms with Gasteiger partial charge in [0, 0.05) is 5.56 Å². The largest absolute Gasteiger partial charge is 0.298 e. The van der Waals surface area contributed by atoms with Crippen molar-refractivity contribution < 1.29 is 17.8 Å². The molecule has 24 heavy (non-hydrogen) atoms. The number of carbonyl (C=O) groups is 1. The summed E-state index contributed by atoms with van der Waals surface area (Å²) < 4.78 is 31.8. The molecule has 136 valence electrons. The molecule has 0 atom stereocenters. The number of rotatable bonds is 13. The monoisotopic (exact) mass is 354 g/mol. The lowest BCUT2D eigenvalue weighted by atomic mass is 10.0. The van der Waals surface area contributed by atoms with Crippen molar-refractivity contribution in [1.82, 2.24) is 0 Å². The first kappa shape index (κ1) is 20.8. The van der Waals surface area contributed by atoms with Gasteiger partial charge in [0.25, 0.3) is 10.1 Å². The predicted molar refractivity (Wildman–Crippen MR) is 97.2 cm³/mol. The third kappa shape index (κ3) is 7.58. The summed E-state index contributed by atoms with van der Waals surface area (Å²) in [6.07, 6.45) is 13.5. The van der Waals surface area contributed by atoms with Crippen LogP contribution in [0.5, 0.6) is 0 Å². The maximum atomic E-state index is 11.3. The SMILES string of the molecule is CCCCCCCCCCCCc1cccc(S(=O)(=O)O)c1C=O. The average Bonchev–Trinajstić information content (AvgIpc) is 2.55. The quantitative estimate of drug-likeness (QED) is 0.300. The molecule has 0 radical (unpaired) electrons. The van der Waals surface area contributed by atoms with Gasteiger partial charge in [-0.1, -0.05) is 76.8 Å². The predicted octanol–water partition coefficient (Wildman–Crippen LogP) is 5.21. The summed E-state index contributed by atoms with van der Waals surface area (Å²) in [5, 5.41) is 0. The zero-order chi connectivity index (χ0) is 17.8. The van der Waals surface area contributed by atoms with Crippen LogP contribution in [0.25, 0.3) is 0 Å². The molecule has 1 aromatic carbocycles. The fraction of sp³-hybridized carbons (Fsp3) is 0.632. The van der Waals surface area contributed by atoms with Gasteiger partial charge in [0.2, 0.25) is 0 Å². The lowest BCUT2D eigenvalue weighted by Gasteiger charge is -2.08. The van der Waals surface area contributed by atoms with E-state index in [0.29, 0.717) is 18.3 Å². The van der Waals surface area contributed by atoms with E-state index >= 15 is 0 Å². The zero-order valence-corrected chi connectivity index (χ0v) is 15.5. The molecular weight excluding hydrogens is 324 g/mol. The number of aryl methyl sites for hydroxylation is 1. The van der Waals surface area contributed by atoms with E-state index in [2.05, 4.69) is 6.92 Å². The Morgan fingerprint density at radius 2 is 1.46 bits per heavy atom. The van der Waals surface area contributed by atoms with Crippen LogP contribution < -0.4 is 0 Å². The Bertz CT molecular complexity index is 593. The third-order valence-corrected chi connectivity index (χ3v) is 5.26. The van der Waals surface area contributed by atoms with E-state index in [4.69, 9.17) is 0 Å². The molecule has 0 spiro atoms. The van der Waals surface area contributed by atoms with E-state index in [1.807, 2.05) is 0 Å². The number of benzene rings is 1. The summed E-state index contributed by atoms with van der Waals surface area (Å²) in [6.45, 7) is 2.22. The summed E-state index contributed by atoms with van der Waals surface area (Å²) >= 11 is 0. The lowest BCUT2D eigenvalue weighted by molar-refractivity contribution is 0.111. The van der Waals surface area contributed by atoms with E-state index in [0.717, 1.165) is 12.8 Å². The van der Waals surface area contributed by atoms with Crippen LogP contribution in [0.2, 0.25) is 0 Å². The highest BCUT2D eigenvalue weighted by Crippen LogP contribution is 2.20. The van der Waals surface area contributed by atoms with Gasteiger partial charge in [-0.2, -0.15) is 8.42 Å². The van der Waals surface area contributed by atoms with Gasteiger partial charge in [-0.05, 0) is 24.5 Å². The van der Waals surface area contributed by atoms with Crippen LogP contribution in [-0.2, 0) is 16.5 Å². The van der Waals surface area contributed by atoms with Gasteiger partial charge in [-0.25, -0.2) is 0 Å². The van der Waals surface area contributed by atoms with Gasteiger partial charge in [0.05, 0.1) is 0 Å². The molecule has 0 aliphatic carbocycles. The molecule has 4 nitrogen and oxygen atoms in total. The molecule has 5 heteroatoms. The van der Waals surface area contributed by atoms with Crippen molar-refractivity contribution in [2.75, 3.05) is 0 Å². The summed E-state index contributed by atoms with van der Waals surface area (Å²) in [4.78, 5) is 10.9. The van der Waals surface area contributed by atoms with Crippen LogP contribution in [0.1, 0.15) is 87.1 Å². The minimum absolute atomic E-state index is 0.0934.